The SMILES string of the molecule is COc1ccc(CNC(C)(C)C)cc1COC1CCC1. The van der Waals surface area contributed by atoms with Gasteiger partial charge in [-0.1, -0.05) is 6.07 Å². The summed E-state index contributed by atoms with van der Waals surface area (Å²) < 4.78 is 11.3. The van der Waals surface area contributed by atoms with Gasteiger partial charge in [-0.15, -0.1) is 0 Å². The van der Waals surface area contributed by atoms with Crippen LogP contribution in [0, 0.1) is 0 Å². The third kappa shape index (κ3) is 4.50. The van der Waals surface area contributed by atoms with Crippen molar-refractivity contribution in [3.63, 3.8) is 0 Å². The van der Waals surface area contributed by atoms with Crippen molar-refractivity contribution in [3.8, 4) is 5.75 Å². The molecule has 3 nitrogen and oxygen atoms in total. The molecule has 1 aliphatic carbocycles. The molecule has 1 saturated carbocycles. The van der Waals surface area contributed by atoms with Gasteiger partial charge in [0.15, 0.2) is 0 Å². The van der Waals surface area contributed by atoms with E-state index in [1.807, 2.05) is 6.07 Å². The molecule has 0 atom stereocenters. The quantitative estimate of drug-likeness (QED) is 0.861. The summed E-state index contributed by atoms with van der Waals surface area (Å²) in [5.74, 6) is 0.920. The second-order valence-electron chi connectivity index (χ2n) is 6.61. The van der Waals surface area contributed by atoms with Crippen LogP contribution in [0.4, 0.5) is 0 Å². The van der Waals surface area contributed by atoms with Gasteiger partial charge in [-0.25, -0.2) is 0 Å². The normalized spacial score (nSPS) is 16.0. The number of benzene rings is 1. The molecule has 1 fully saturated rings. The maximum atomic E-state index is 5.91. The molecule has 0 amide bonds. The zero-order valence-corrected chi connectivity index (χ0v) is 13.2. The van der Waals surface area contributed by atoms with E-state index in [9.17, 15) is 0 Å². The monoisotopic (exact) mass is 277 g/mol. The minimum Gasteiger partial charge on any atom is -0.496 e. The number of hydrogen-bond donors (Lipinski definition) is 1. The van der Waals surface area contributed by atoms with Gasteiger partial charge in [0.05, 0.1) is 19.8 Å². The van der Waals surface area contributed by atoms with E-state index < -0.39 is 0 Å². The van der Waals surface area contributed by atoms with Crippen molar-refractivity contribution in [3.05, 3.63) is 29.3 Å². The predicted molar refractivity (Wildman–Crippen MR) is 82.0 cm³/mol. The minimum atomic E-state index is 0.128. The zero-order valence-electron chi connectivity index (χ0n) is 13.2. The highest BCUT2D eigenvalue weighted by Crippen LogP contribution is 2.26. The van der Waals surface area contributed by atoms with Crippen molar-refractivity contribution < 1.29 is 9.47 Å². The Hall–Kier alpha value is -1.06. The summed E-state index contributed by atoms with van der Waals surface area (Å²) in [6.07, 6.45) is 4.16. The molecule has 0 bridgehead atoms. The van der Waals surface area contributed by atoms with Crippen molar-refractivity contribution in [1.29, 1.82) is 0 Å². The van der Waals surface area contributed by atoms with Gasteiger partial charge >= 0.3 is 0 Å². The molecule has 2 rings (SSSR count). The molecule has 0 unspecified atom stereocenters. The second-order valence-corrected chi connectivity index (χ2v) is 6.61. The van der Waals surface area contributed by atoms with Gasteiger partial charge in [-0.2, -0.15) is 0 Å². The van der Waals surface area contributed by atoms with Crippen molar-refractivity contribution in [2.24, 2.45) is 0 Å². The van der Waals surface area contributed by atoms with Gasteiger partial charge in [0, 0.05) is 17.6 Å². The number of methoxy groups -OCH3 is 1. The first kappa shape index (κ1) is 15.3. The molecule has 0 radical (unpaired) electrons. The fourth-order valence-electron chi connectivity index (χ4n) is 2.17. The molecule has 0 aromatic heterocycles. The lowest BCUT2D eigenvalue weighted by atomic mass is 9.96. The van der Waals surface area contributed by atoms with Gasteiger partial charge < -0.3 is 14.8 Å². The maximum Gasteiger partial charge on any atom is 0.124 e. The van der Waals surface area contributed by atoms with Crippen LogP contribution in [0.25, 0.3) is 0 Å². The molecule has 0 heterocycles. The Bertz CT molecular complexity index is 433. The molecule has 1 N–H and O–H groups in total. The van der Waals surface area contributed by atoms with Crippen LogP contribution < -0.4 is 10.1 Å². The van der Waals surface area contributed by atoms with E-state index in [4.69, 9.17) is 9.47 Å². The van der Waals surface area contributed by atoms with Gasteiger partial charge in [0.1, 0.15) is 5.75 Å². The van der Waals surface area contributed by atoms with E-state index >= 15 is 0 Å². The molecule has 1 aliphatic rings. The van der Waals surface area contributed by atoms with Crippen molar-refractivity contribution in [1.82, 2.24) is 5.32 Å². The Balaban J connectivity index is 1.99. The van der Waals surface area contributed by atoms with Crippen molar-refractivity contribution in [2.75, 3.05) is 7.11 Å². The molecule has 3 heteroatoms. The van der Waals surface area contributed by atoms with E-state index in [0.29, 0.717) is 12.7 Å². The van der Waals surface area contributed by atoms with E-state index in [-0.39, 0.29) is 5.54 Å². The largest absolute Gasteiger partial charge is 0.496 e. The lowest BCUT2D eigenvalue weighted by Crippen LogP contribution is -2.35. The van der Waals surface area contributed by atoms with Crippen LogP contribution >= 0.6 is 0 Å². The zero-order chi connectivity index (χ0) is 14.6. The van der Waals surface area contributed by atoms with Gasteiger partial charge in [0.25, 0.3) is 0 Å². The summed E-state index contributed by atoms with van der Waals surface area (Å²) in [6, 6.07) is 6.35. The van der Waals surface area contributed by atoms with Crippen LogP contribution in [-0.2, 0) is 17.9 Å². The number of rotatable bonds is 6. The molecular formula is C17H27NO2. The molecule has 1 aromatic carbocycles. The van der Waals surface area contributed by atoms with Crippen LogP contribution in [0.2, 0.25) is 0 Å². The Morgan fingerprint density at radius 2 is 2.00 bits per heavy atom. The van der Waals surface area contributed by atoms with Gasteiger partial charge in [-0.3, -0.25) is 0 Å². The molecule has 1 aromatic rings. The van der Waals surface area contributed by atoms with Crippen molar-refractivity contribution >= 4 is 0 Å². The third-order valence-electron chi connectivity index (χ3n) is 3.69. The highest BCUT2D eigenvalue weighted by molar-refractivity contribution is 5.37. The first-order chi connectivity index (χ1) is 9.48. The molecule has 0 saturated heterocycles. The van der Waals surface area contributed by atoms with Crippen LogP contribution in [0.3, 0.4) is 0 Å². The fraction of sp³-hybridized carbons (Fsp3) is 0.647. The highest BCUT2D eigenvalue weighted by Gasteiger charge is 2.18. The summed E-state index contributed by atoms with van der Waals surface area (Å²) in [7, 11) is 1.72. The van der Waals surface area contributed by atoms with E-state index in [2.05, 4.69) is 38.2 Å². The Kier molecular flexibility index (Phi) is 5.06. The molecule has 20 heavy (non-hydrogen) atoms. The highest BCUT2D eigenvalue weighted by atomic mass is 16.5. The lowest BCUT2D eigenvalue weighted by molar-refractivity contribution is -0.00936. The van der Waals surface area contributed by atoms with E-state index in [1.54, 1.807) is 7.11 Å². The first-order valence-corrected chi connectivity index (χ1v) is 7.50. The topological polar surface area (TPSA) is 30.5 Å². The summed E-state index contributed by atoms with van der Waals surface area (Å²) >= 11 is 0. The number of nitrogens with one attached hydrogen (secondary N) is 1. The molecule has 0 spiro atoms. The summed E-state index contributed by atoms with van der Waals surface area (Å²) in [6.45, 7) is 8.05. The van der Waals surface area contributed by atoms with Crippen LogP contribution in [0.1, 0.15) is 51.2 Å². The van der Waals surface area contributed by atoms with Crippen molar-refractivity contribution in [2.45, 2.75) is 64.8 Å². The smallest absolute Gasteiger partial charge is 0.124 e. The summed E-state index contributed by atoms with van der Waals surface area (Å²) in [4.78, 5) is 0. The summed E-state index contributed by atoms with van der Waals surface area (Å²) in [5.41, 5.74) is 2.54. The Labute approximate surface area is 122 Å². The molecular weight excluding hydrogens is 250 g/mol. The minimum absolute atomic E-state index is 0.128. The average Bonchev–Trinajstić information content (AvgIpc) is 2.34. The van der Waals surface area contributed by atoms with E-state index in [0.717, 1.165) is 17.9 Å². The Morgan fingerprint density at radius 3 is 2.55 bits per heavy atom. The van der Waals surface area contributed by atoms with Gasteiger partial charge in [-0.05, 0) is 57.7 Å². The number of ether oxygens (including phenoxy) is 2. The van der Waals surface area contributed by atoms with Crippen LogP contribution in [0.5, 0.6) is 5.75 Å². The van der Waals surface area contributed by atoms with Gasteiger partial charge in [0.2, 0.25) is 0 Å². The standard InChI is InChI=1S/C17H27NO2/c1-17(2,3)18-11-13-8-9-16(19-4)14(10-13)12-20-15-6-5-7-15/h8-10,15,18H,5-7,11-12H2,1-4H3. The fourth-order valence-corrected chi connectivity index (χ4v) is 2.17. The average molecular weight is 277 g/mol. The third-order valence-corrected chi connectivity index (χ3v) is 3.69. The van der Waals surface area contributed by atoms with Crippen LogP contribution in [0.15, 0.2) is 18.2 Å². The summed E-state index contributed by atoms with van der Waals surface area (Å²) in [5, 5.41) is 3.51. The second kappa shape index (κ2) is 6.59. The number of hydrogen-bond acceptors (Lipinski definition) is 3. The van der Waals surface area contributed by atoms with Crippen LogP contribution in [-0.4, -0.2) is 18.8 Å². The predicted octanol–water partition coefficient (Wildman–Crippen LogP) is 3.65. The maximum absolute atomic E-state index is 5.91. The van der Waals surface area contributed by atoms with E-state index in [1.165, 1.54) is 24.8 Å². The molecule has 0 aliphatic heterocycles. The Morgan fingerprint density at radius 1 is 1.25 bits per heavy atom. The lowest BCUT2D eigenvalue weighted by Gasteiger charge is -2.26. The first-order valence-electron chi connectivity index (χ1n) is 7.50. The molecule has 112 valence electrons.